The molecule has 0 amide bonds. The monoisotopic (exact) mass is 330 g/mol. The number of fused-ring (bicyclic) bond motifs is 1. The van der Waals surface area contributed by atoms with Gasteiger partial charge >= 0.3 is 0 Å². The summed E-state index contributed by atoms with van der Waals surface area (Å²) in [4.78, 5) is 4.65. The fourth-order valence-corrected chi connectivity index (χ4v) is 3.03. The first-order valence-corrected chi connectivity index (χ1v) is 8.15. The number of nitrogens with zero attached hydrogens (tertiary/aromatic N) is 1. The van der Waals surface area contributed by atoms with Gasteiger partial charge in [0.25, 0.3) is 0 Å². The molecular weight excluding hydrogens is 316 g/mol. The van der Waals surface area contributed by atoms with E-state index in [1.807, 2.05) is 54.7 Å². The number of hydrogen-bond donors (Lipinski definition) is 1. The molecule has 1 aromatic heterocycles. The average Bonchev–Trinajstić information content (AvgIpc) is 2.63. The molecule has 3 aromatic carbocycles. The molecule has 116 valence electrons. The number of aromatic nitrogens is 1. The van der Waals surface area contributed by atoms with E-state index >= 15 is 0 Å². The first-order chi connectivity index (χ1) is 11.8. The average molecular weight is 331 g/mol. The number of rotatable bonds is 3. The fraction of sp³-hybridized carbons (Fsp3) is 0. The maximum atomic E-state index is 6.07. The molecular formula is C21H15ClN2. The molecule has 4 aromatic rings. The maximum absolute atomic E-state index is 6.07. The molecule has 0 atom stereocenters. The normalized spacial score (nSPS) is 10.7. The summed E-state index contributed by atoms with van der Waals surface area (Å²) in [6, 6.07) is 26.3. The van der Waals surface area contributed by atoms with Crippen molar-refractivity contribution in [1.29, 1.82) is 0 Å². The summed E-state index contributed by atoms with van der Waals surface area (Å²) in [7, 11) is 0. The summed E-state index contributed by atoms with van der Waals surface area (Å²) >= 11 is 6.07. The second-order valence-electron chi connectivity index (χ2n) is 5.57. The van der Waals surface area contributed by atoms with Crippen molar-refractivity contribution in [2.45, 2.75) is 0 Å². The molecule has 2 nitrogen and oxygen atoms in total. The molecule has 0 bridgehead atoms. The van der Waals surface area contributed by atoms with Crippen molar-refractivity contribution in [2.75, 3.05) is 5.32 Å². The molecule has 1 N–H and O–H groups in total. The topological polar surface area (TPSA) is 24.9 Å². The molecule has 0 saturated heterocycles. The molecule has 0 radical (unpaired) electrons. The van der Waals surface area contributed by atoms with E-state index in [1.165, 1.54) is 5.39 Å². The minimum Gasteiger partial charge on any atom is -0.340 e. The highest BCUT2D eigenvalue weighted by Crippen LogP contribution is 2.32. The Morgan fingerprint density at radius 3 is 2.29 bits per heavy atom. The molecule has 4 rings (SSSR count). The quantitative estimate of drug-likeness (QED) is 0.477. The lowest BCUT2D eigenvalue weighted by Crippen LogP contribution is -1.96. The highest BCUT2D eigenvalue weighted by atomic mass is 35.5. The van der Waals surface area contributed by atoms with Crippen molar-refractivity contribution in [1.82, 2.24) is 4.98 Å². The lowest BCUT2D eigenvalue weighted by Gasteiger charge is -2.12. The van der Waals surface area contributed by atoms with Gasteiger partial charge in [0.1, 0.15) is 5.82 Å². The Morgan fingerprint density at radius 1 is 0.750 bits per heavy atom. The van der Waals surface area contributed by atoms with Crippen LogP contribution in [0.2, 0.25) is 5.02 Å². The van der Waals surface area contributed by atoms with E-state index < -0.39 is 0 Å². The first-order valence-electron chi connectivity index (χ1n) is 7.77. The molecule has 0 saturated carbocycles. The van der Waals surface area contributed by atoms with Crippen LogP contribution >= 0.6 is 11.6 Å². The highest BCUT2D eigenvalue weighted by molar-refractivity contribution is 6.30. The Bertz CT molecular complexity index is 997. The Kier molecular flexibility index (Phi) is 3.89. The van der Waals surface area contributed by atoms with E-state index in [4.69, 9.17) is 11.6 Å². The minimum atomic E-state index is 0.699. The number of hydrogen-bond acceptors (Lipinski definition) is 2. The summed E-state index contributed by atoms with van der Waals surface area (Å²) in [5.41, 5.74) is 3.21. The van der Waals surface area contributed by atoms with Crippen LogP contribution in [0.5, 0.6) is 0 Å². The predicted octanol–water partition coefficient (Wildman–Crippen LogP) is 6.30. The lowest BCUT2D eigenvalue weighted by molar-refractivity contribution is 1.34. The molecule has 0 aliphatic heterocycles. The van der Waals surface area contributed by atoms with Crippen molar-refractivity contribution in [3.63, 3.8) is 0 Å². The molecule has 24 heavy (non-hydrogen) atoms. The number of anilines is 2. The van der Waals surface area contributed by atoms with Crippen LogP contribution in [0, 0.1) is 0 Å². The minimum absolute atomic E-state index is 0.699. The van der Waals surface area contributed by atoms with Crippen molar-refractivity contribution in [3.05, 3.63) is 90.1 Å². The Balaban J connectivity index is 1.84. The number of pyridine rings is 1. The van der Waals surface area contributed by atoms with Gasteiger partial charge in [-0.05, 0) is 29.1 Å². The van der Waals surface area contributed by atoms with Crippen LogP contribution in [0.4, 0.5) is 11.5 Å². The van der Waals surface area contributed by atoms with Gasteiger partial charge in [-0.25, -0.2) is 4.98 Å². The van der Waals surface area contributed by atoms with E-state index in [9.17, 15) is 0 Å². The number of halogens is 1. The molecule has 0 aliphatic rings. The number of nitrogens with one attached hydrogen (secondary N) is 1. The van der Waals surface area contributed by atoms with Crippen LogP contribution in [0.15, 0.2) is 85.1 Å². The van der Waals surface area contributed by atoms with Crippen LogP contribution in [0.1, 0.15) is 0 Å². The van der Waals surface area contributed by atoms with Crippen LogP contribution in [-0.4, -0.2) is 4.98 Å². The maximum Gasteiger partial charge on any atom is 0.138 e. The van der Waals surface area contributed by atoms with E-state index in [-0.39, 0.29) is 0 Å². The lowest BCUT2D eigenvalue weighted by atomic mass is 10.0. The van der Waals surface area contributed by atoms with Gasteiger partial charge in [0.05, 0.1) is 0 Å². The summed E-state index contributed by atoms with van der Waals surface area (Å²) in [5, 5.41) is 6.32. The van der Waals surface area contributed by atoms with Crippen molar-refractivity contribution in [2.24, 2.45) is 0 Å². The molecule has 0 spiro atoms. The third-order valence-electron chi connectivity index (χ3n) is 3.97. The van der Waals surface area contributed by atoms with Crippen LogP contribution in [0.3, 0.4) is 0 Å². The van der Waals surface area contributed by atoms with Gasteiger partial charge in [-0.1, -0.05) is 72.3 Å². The first kappa shape index (κ1) is 14.7. The zero-order valence-electron chi connectivity index (χ0n) is 12.9. The predicted molar refractivity (Wildman–Crippen MR) is 102 cm³/mol. The van der Waals surface area contributed by atoms with E-state index in [2.05, 4.69) is 40.6 Å². The summed E-state index contributed by atoms with van der Waals surface area (Å²) in [6.07, 6.45) is 1.92. The van der Waals surface area contributed by atoms with E-state index in [1.54, 1.807) is 0 Å². The van der Waals surface area contributed by atoms with Gasteiger partial charge in [0, 0.05) is 27.9 Å². The van der Waals surface area contributed by atoms with Gasteiger partial charge in [-0.2, -0.15) is 0 Å². The van der Waals surface area contributed by atoms with Crippen molar-refractivity contribution < 1.29 is 0 Å². The van der Waals surface area contributed by atoms with E-state index in [0.29, 0.717) is 5.02 Å². The van der Waals surface area contributed by atoms with Crippen LogP contribution in [0.25, 0.3) is 21.9 Å². The summed E-state index contributed by atoms with van der Waals surface area (Å²) < 4.78 is 0. The van der Waals surface area contributed by atoms with Crippen LogP contribution < -0.4 is 5.32 Å². The van der Waals surface area contributed by atoms with Crippen LogP contribution in [-0.2, 0) is 0 Å². The standard InChI is InChI=1S/C21H15ClN2/c22-16-9-6-10-17(13-16)24-21-19-12-5-4-11-18(19)20(14-23-21)15-7-2-1-3-8-15/h1-14H,(H,23,24). The summed E-state index contributed by atoms with van der Waals surface area (Å²) in [5.74, 6) is 0.826. The largest absolute Gasteiger partial charge is 0.340 e. The van der Waals surface area contributed by atoms with Crippen molar-refractivity contribution in [3.8, 4) is 11.1 Å². The van der Waals surface area contributed by atoms with E-state index in [0.717, 1.165) is 28.0 Å². The molecule has 0 fully saturated rings. The Labute approximate surface area is 145 Å². The molecule has 1 heterocycles. The highest BCUT2D eigenvalue weighted by Gasteiger charge is 2.09. The summed E-state index contributed by atoms with van der Waals surface area (Å²) in [6.45, 7) is 0. The zero-order chi connectivity index (χ0) is 16.4. The Hall–Kier alpha value is -2.84. The fourth-order valence-electron chi connectivity index (χ4n) is 2.84. The molecule has 3 heteroatoms. The smallest absolute Gasteiger partial charge is 0.138 e. The van der Waals surface area contributed by atoms with Gasteiger partial charge in [-0.3, -0.25) is 0 Å². The van der Waals surface area contributed by atoms with Gasteiger partial charge in [0.2, 0.25) is 0 Å². The third kappa shape index (κ3) is 2.84. The third-order valence-corrected chi connectivity index (χ3v) is 4.20. The SMILES string of the molecule is Clc1cccc(Nc2ncc(-c3ccccc3)c3ccccc23)c1. The van der Waals surface area contributed by atoms with Gasteiger partial charge < -0.3 is 5.32 Å². The van der Waals surface area contributed by atoms with Gasteiger partial charge in [0.15, 0.2) is 0 Å². The molecule has 0 unspecified atom stereocenters. The van der Waals surface area contributed by atoms with Gasteiger partial charge in [-0.15, -0.1) is 0 Å². The molecule has 0 aliphatic carbocycles. The second kappa shape index (κ2) is 6.34. The van der Waals surface area contributed by atoms with Crippen molar-refractivity contribution >= 4 is 33.9 Å². The number of benzene rings is 3. The second-order valence-corrected chi connectivity index (χ2v) is 6.00. The Morgan fingerprint density at radius 2 is 1.50 bits per heavy atom. The zero-order valence-corrected chi connectivity index (χ0v) is 13.7.